The molecule has 3 aromatic rings. The fourth-order valence-corrected chi connectivity index (χ4v) is 1.82. The Morgan fingerprint density at radius 2 is 1.65 bits per heavy atom. The van der Waals surface area contributed by atoms with Crippen LogP contribution >= 0.6 is 0 Å². The van der Waals surface area contributed by atoms with E-state index in [-0.39, 0.29) is 11.5 Å². The van der Waals surface area contributed by atoms with Gasteiger partial charge in [-0.2, -0.15) is 0 Å². The van der Waals surface area contributed by atoms with Crippen LogP contribution in [0.2, 0.25) is 0 Å². The Bertz CT molecular complexity index is 683. The molecule has 0 radical (unpaired) electrons. The molecule has 0 fully saturated rings. The average Bonchev–Trinajstić information content (AvgIpc) is 2.72. The van der Waals surface area contributed by atoms with Crippen molar-refractivity contribution in [3.63, 3.8) is 0 Å². The molecule has 0 saturated carbocycles. The molecule has 1 heterocycles. The number of aromatic hydroxyl groups is 2. The zero-order valence-corrected chi connectivity index (χ0v) is 8.92. The molecule has 3 rings (SSSR count). The van der Waals surface area contributed by atoms with Gasteiger partial charge in [-0.3, -0.25) is 0 Å². The quantitative estimate of drug-likeness (QED) is 0.667. The molecule has 0 unspecified atom stereocenters. The van der Waals surface area contributed by atoms with E-state index in [2.05, 4.69) is 0 Å². The summed E-state index contributed by atoms with van der Waals surface area (Å²) >= 11 is 0. The SMILES string of the molecule is Oc1cccc(-c2cc3ccc(O)cc3o2)c1. The maximum absolute atomic E-state index is 9.41. The lowest BCUT2D eigenvalue weighted by molar-refractivity contribution is 0.473. The molecule has 0 aliphatic heterocycles. The Morgan fingerprint density at radius 1 is 0.824 bits per heavy atom. The molecule has 0 saturated heterocycles. The van der Waals surface area contributed by atoms with Crippen LogP contribution in [-0.2, 0) is 0 Å². The van der Waals surface area contributed by atoms with Gasteiger partial charge >= 0.3 is 0 Å². The summed E-state index contributed by atoms with van der Waals surface area (Å²) < 4.78 is 5.62. The van der Waals surface area contributed by atoms with Gasteiger partial charge in [0.15, 0.2) is 0 Å². The van der Waals surface area contributed by atoms with E-state index in [1.54, 1.807) is 36.4 Å². The summed E-state index contributed by atoms with van der Waals surface area (Å²) in [4.78, 5) is 0. The van der Waals surface area contributed by atoms with Crippen LogP contribution in [0.25, 0.3) is 22.3 Å². The molecule has 0 amide bonds. The van der Waals surface area contributed by atoms with Gasteiger partial charge in [0.25, 0.3) is 0 Å². The first-order chi connectivity index (χ1) is 8.22. The second-order valence-corrected chi connectivity index (χ2v) is 3.88. The van der Waals surface area contributed by atoms with Crippen LogP contribution in [0.15, 0.2) is 52.9 Å². The molecule has 0 bridgehead atoms. The monoisotopic (exact) mass is 226 g/mol. The molecular weight excluding hydrogens is 216 g/mol. The lowest BCUT2D eigenvalue weighted by Crippen LogP contribution is -1.71. The van der Waals surface area contributed by atoms with E-state index >= 15 is 0 Å². The fourth-order valence-electron chi connectivity index (χ4n) is 1.82. The summed E-state index contributed by atoms with van der Waals surface area (Å²) in [5.74, 6) is 1.04. The zero-order chi connectivity index (χ0) is 11.8. The van der Waals surface area contributed by atoms with Crippen LogP contribution in [0.1, 0.15) is 0 Å². The summed E-state index contributed by atoms with van der Waals surface area (Å²) in [5.41, 5.74) is 1.43. The third-order valence-corrected chi connectivity index (χ3v) is 2.63. The van der Waals surface area contributed by atoms with Crippen molar-refractivity contribution >= 4 is 11.0 Å². The Morgan fingerprint density at radius 3 is 2.47 bits per heavy atom. The van der Waals surface area contributed by atoms with Crippen molar-refractivity contribution in [1.82, 2.24) is 0 Å². The average molecular weight is 226 g/mol. The molecule has 17 heavy (non-hydrogen) atoms. The first-order valence-corrected chi connectivity index (χ1v) is 5.24. The highest BCUT2D eigenvalue weighted by Crippen LogP contribution is 2.31. The van der Waals surface area contributed by atoms with E-state index in [0.717, 1.165) is 10.9 Å². The van der Waals surface area contributed by atoms with Gasteiger partial charge in [0, 0.05) is 17.0 Å². The second kappa shape index (κ2) is 3.56. The first kappa shape index (κ1) is 9.78. The van der Waals surface area contributed by atoms with Gasteiger partial charge in [-0.1, -0.05) is 12.1 Å². The van der Waals surface area contributed by atoms with E-state index < -0.39 is 0 Å². The number of fused-ring (bicyclic) bond motifs is 1. The lowest BCUT2D eigenvalue weighted by Gasteiger charge is -1.96. The highest BCUT2D eigenvalue weighted by Gasteiger charge is 2.07. The van der Waals surface area contributed by atoms with Crippen LogP contribution in [0, 0.1) is 0 Å². The van der Waals surface area contributed by atoms with Gasteiger partial charge in [-0.05, 0) is 30.3 Å². The smallest absolute Gasteiger partial charge is 0.138 e. The molecule has 0 spiro atoms. The van der Waals surface area contributed by atoms with Gasteiger partial charge in [0.05, 0.1) is 0 Å². The molecule has 84 valence electrons. The third-order valence-electron chi connectivity index (χ3n) is 2.63. The molecule has 0 atom stereocenters. The number of phenolic OH excluding ortho intramolecular Hbond substituents is 2. The number of benzene rings is 2. The largest absolute Gasteiger partial charge is 0.508 e. The van der Waals surface area contributed by atoms with Crippen LogP contribution in [-0.4, -0.2) is 10.2 Å². The highest BCUT2D eigenvalue weighted by atomic mass is 16.3. The molecular formula is C14H10O3. The van der Waals surface area contributed by atoms with Crippen LogP contribution in [0.3, 0.4) is 0 Å². The van der Waals surface area contributed by atoms with Gasteiger partial charge in [-0.15, -0.1) is 0 Å². The summed E-state index contributed by atoms with van der Waals surface area (Å²) in [6.07, 6.45) is 0. The minimum atomic E-state index is 0.175. The third kappa shape index (κ3) is 1.72. The van der Waals surface area contributed by atoms with Crippen LogP contribution in [0.5, 0.6) is 11.5 Å². The molecule has 0 aliphatic rings. The zero-order valence-electron chi connectivity index (χ0n) is 8.92. The number of hydrogen-bond donors (Lipinski definition) is 2. The second-order valence-electron chi connectivity index (χ2n) is 3.88. The summed E-state index contributed by atoms with van der Waals surface area (Å²) in [7, 11) is 0. The molecule has 3 heteroatoms. The first-order valence-electron chi connectivity index (χ1n) is 5.24. The number of rotatable bonds is 1. The minimum absolute atomic E-state index is 0.175. The molecule has 2 N–H and O–H groups in total. The standard InChI is InChI=1S/C14H10O3/c15-11-3-1-2-9(6-11)13-7-10-4-5-12(16)8-14(10)17-13/h1-8,15-16H. The van der Waals surface area contributed by atoms with Crippen LogP contribution < -0.4 is 0 Å². The fraction of sp³-hybridized carbons (Fsp3) is 0. The molecule has 2 aromatic carbocycles. The Kier molecular flexibility index (Phi) is 2.05. The van der Waals surface area contributed by atoms with Crippen molar-refractivity contribution in [3.8, 4) is 22.8 Å². The normalized spacial score (nSPS) is 10.8. The van der Waals surface area contributed by atoms with Gasteiger partial charge in [0.1, 0.15) is 22.8 Å². The predicted molar refractivity (Wildman–Crippen MR) is 65.0 cm³/mol. The van der Waals surface area contributed by atoms with Gasteiger partial charge in [-0.25, -0.2) is 0 Å². The van der Waals surface area contributed by atoms with Crippen LogP contribution in [0.4, 0.5) is 0 Å². The lowest BCUT2D eigenvalue weighted by atomic mass is 10.1. The van der Waals surface area contributed by atoms with Crippen molar-refractivity contribution in [2.24, 2.45) is 0 Å². The maximum Gasteiger partial charge on any atom is 0.138 e. The maximum atomic E-state index is 9.41. The van der Waals surface area contributed by atoms with E-state index in [9.17, 15) is 10.2 Å². The Hall–Kier alpha value is -2.42. The van der Waals surface area contributed by atoms with Gasteiger partial charge in [0.2, 0.25) is 0 Å². The molecule has 3 nitrogen and oxygen atoms in total. The summed E-state index contributed by atoms with van der Waals surface area (Å²) in [6.45, 7) is 0. The van der Waals surface area contributed by atoms with Crippen molar-refractivity contribution in [2.75, 3.05) is 0 Å². The Labute approximate surface area is 97.6 Å². The van der Waals surface area contributed by atoms with Gasteiger partial charge < -0.3 is 14.6 Å². The topological polar surface area (TPSA) is 53.6 Å². The highest BCUT2D eigenvalue weighted by molar-refractivity contribution is 5.84. The minimum Gasteiger partial charge on any atom is -0.508 e. The summed E-state index contributed by atoms with van der Waals surface area (Å²) in [6, 6.07) is 13.7. The number of furan rings is 1. The number of phenols is 2. The van der Waals surface area contributed by atoms with E-state index in [4.69, 9.17) is 4.42 Å². The van der Waals surface area contributed by atoms with Crippen molar-refractivity contribution < 1.29 is 14.6 Å². The molecule has 1 aromatic heterocycles. The van der Waals surface area contributed by atoms with Crippen molar-refractivity contribution in [3.05, 3.63) is 48.5 Å². The van der Waals surface area contributed by atoms with Crippen molar-refractivity contribution in [2.45, 2.75) is 0 Å². The van der Waals surface area contributed by atoms with E-state index in [0.29, 0.717) is 11.3 Å². The predicted octanol–water partition coefficient (Wildman–Crippen LogP) is 3.51. The number of hydrogen-bond acceptors (Lipinski definition) is 3. The molecule has 0 aliphatic carbocycles. The van der Waals surface area contributed by atoms with E-state index in [1.807, 2.05) is 12.1 Å². The Balaban J connectivity index is 2.18. The van der Waals surface area contributed by atoms with Crippen molar-refractivity contribution in [1.29, 1.82) is 0 Å². The summed E-state index contributed by atoms with van der Waals surface area (Å²) in [5, 5.41) is 19.7. The van der Waals surface area contributed by atoms with E-state index in [1.165, 1.54) is 0 Å².